The van der Waals surface area contributed by atoms with E-state index in [1.807, 2.05) is 13.8 Å². The first-order valence-electron chi connectivity index (χ1n) is 8.44. The lowest BCUT2D eigenvalue weighted by molar-refractivity contribution is -0.115. The lowest BCUT2D eigenvalue weighted by Crippen LogP contribution is -2.33. The Kier molecular flexibility index (Phi) is 6.97. The van der Waals surface area contributed by atoms with E-state index in [0.29, 0.717) is 17.2 Å². The SMILES string of the molecule is COc1cc(NC(=O)CNC(c2ccc(F)cc2)C(C)C)cc(OC)c1. The van der Waals surface area contributed by atoms with Gasteiger partial charge in [0.15, 0.2) is 0 Å². The van der Waals surface area contributed by atoms with Crippen LogP contribution in [0.2, 0.25) is 0 Å². The van der Waals surface area contributed by atoms with Crippen molar-refractivity contribution in [1.29, 1.82) is 0 Å². The Morgan fingerprint density at radius 2 is 1.62 bits per heavy atom. The van der Waals surface area contributed by atoms with Crippen LogP contribution < -0.4 is 20.1 Å². The molecule has 0 heterocycles. The van der Waals surface area contributed by atoms with Gasteiger partial charge in [-0.2, -0.15) is 0 Å². The first-order valence-corrected chi connectivity index (χ1v) is 8.44. The molecule has 0 bridgehead atoms. The number of methoxy groups -OCH3 is 2. The number of hydrogen-bond acceptors (Lipinski definition) is 4. The van der Waals surface area contributed by atoms with Gasteiger partial charge in [0, 0.05) is 29.9 Å². The van der Waals surface area contributed by atoms with Crippen LogP contribution in [0.25, 0.3) is 0 Å². The Labute approximate surface area is 153 Å². The van der Waals surface area contributed by atoms with Crippen molar-refractivity contribution in [2.75, 3.05) is 26.1 Å². The number of halogens is 1. The van der Waals surface area contributed by atoms with Gasteiger partial charge in [0.1, 0.15) is 17.3 Å². The van der Waals surface area contributed by atoms with Crippen LogP contribution in [0.15, 0.2) is 42.5 Å². The van der Waals surface area contributed by atoms with Gasteiger partial charge in [-0.05, 0) is 23.6 Å². The number of hydrogen-bond donors (Lipinski definition) is 2. The van der Waals surface area contributed by atoms with Gasteiger partial charge < -0.3 is 20.1 Å². The lowest BCUT2D eigenvalue weighted by atomic mass is 9.96. The van der Waals surface area contributed by atoms with E-state index in [4.69, 9.17) is 9.47 Å². The molecule has 6 heteroatoms. The highest BCUT2D eigenvalue weighted by Crippen LogP contribution is 2.26. The summed E-state index contributed by atoms with van der Waals surface area (Å²) in [6, 6.07) is 11.4. The Bertz CT molecular complexity index is 710. The molecule has 0 fully saturated rings. The molecule has 2 aromatic carbocycles. The van der Waals surface area contributed by atoms with E-state index in [-0.39, 0.29) is 30.2 Å². The third-order valence-electron chi connectivity index (χ3n) is 4.01. The molecule has 0 aliphatic heterocycles. The van der Waals surface area contributed by atoms with Crippen LogP contribution in [0.3, 0.4) is 0 Å². The highest BCUT2D eigenvalue weighted by atomic mass is 19.1. The fourth-order valence-corrected chi connectivity index (χ4v) is 2.70. The molecule has 140 valence electrons. The third-order valence-corrected chi connectivity index (χ3v) is 4.01. The Morgan fingerprint density at radius 1 is 1.04 bits per heavy atom. The predicted octanol–water partition coefficient (Wildman–Crippen LogP) is 3.77. The van der Waals surface area contributed by atoms with Crippen molar-refractivity contribution < 1.29 is 18.7 Å². The molecule has 1 atom stereocenters. The normalized spacial score (nSPS) is 11.9. The maximum absolute atomic E-state index is 13.1. The second-order valence-electron chi connectivity index (χ2n) is 6.30. The third kappa shape index (κ3) is 5.46. The van der Waals surface area contributed by atoms with Crippen LogP contribution in [-0.2, 0) is 4.79 Å². The number of carbonyl (C=O) groups is 1. The molecular formula is C20H25FN2O3. The van der Waals surface area contributed by atoms with Gasteiger partial charge in [0.05, 0.1) is 20.8 Å². The van der Waals surface area contributed by atoms with Crippen LogP contribution in [-0.4, -0.2) is 26.7 Å². The zero-order chi connectivity index (χ0) is 19.1. The minimum atomic E-state index is -0.277. The number of rotatable bonds is 8. The summed E-state index contributed by atoms with van der Waals surface area (Å²) in [5.74, 6) is 0.970. The van der Waals surface area contributed by atoms with Crippen LogP contribution in [0.5, 0.6) is 11.5 Å². The number of ether oxygens (including phenoxy) is 2. The average Bonchev–Trinajstić information content (AvgIpc) is 2.62. The molecule has 5 nitrogen and oxygen atoms in total. The first-order chi connectivity index (χ1) is 12.4. The van der Waals surface area contributed by atoms with Crippen molar-refractivity contribution in [2.45, 2.75) is 19.9 Å². The first kappa shape index (κ1) is 19.7. The van der Waals surface area contributed by atoms with E-state index < -0.39 is 0 Å². The summed E-state index contributed by atoms with van der Waals surface area (Å²) in [7, 11) is 3.11. The summed E-state index contributed by atoms with van der Waals surface area (Å²) in [6.45, 7) is 4.22. The standard InChI is InChI=1S/C20H25FN2O3/c1-13(2)20(14-5-7-15(21)8-6-14)22-12-19(24)23-16-9-17(25-3)11-18(10-16)26-4/h5-11,13,20,22H,12H2,1-4H3,(H,23,24). The fraction of sp³-hybridized carbons (Fsp3) is 0.350. The number of nitrogens with one attached hydrogen (secondary N) is 2. The van der Waals surface area contributed by atoms with Gasteiger partial charge in [-0.3, -0.25) is 4.79 Å². The van der Waals surface area contributed by atoms with E-state index in [0.717, 1.165) is 5.56 Å². The summed E-state index contributed by atoms with van der Waals surface area (Å²) in [5, 5.41) is 6.06. The molecule has 2 aromatic rings. The van der Waals surface area contributed by atoms with Crippen LogP contribution in [0, 0.1) is 11.7 Å². The second-order valence-corrected chi connectivity index (χ2v) is 6.30. The summed E-state index contributed by atoms with van der Waals surface area (Å²) >= 11 is 0. The number of benzene rings is 2. The Morgan fingerprint density at radius 3 is 2.12 bits per heavy atom. The van der Waals surface area contributed by atoms with Crippen molar-refractivity contribution in [3.05, 3.63) is 53.8 Å². The predicted molar refractivity (Wildman–Crippen MR) is 100 cm³/mol. The van der Waals surface area contributed by atoms with Gasteiger partial charge in [-0.15, -0.1) is 0 Å². The molecular weight excluding hydrogens is 335 g/mol. The highest BCUT2D eigenvalue weighted by Gasteiger charge is 2.17. The number of carbonyl (C=O) groups excluding carboxylic acids is 1. The van der Waals surface area contributed by atoms with E-state index in [2.05, 4.69) is 10.6 Å². The molecule has 0 aromatic heterocycles. The molecule has 0 spiro atoms. The molecule has 0 radical (unpaired) electrons. The molecule has 1 unspecified atom stereocenters. The van der Waals surface area contributed by atoms with Crippen molar-refractivity contribution >= 4 is 11.6 Å². The summed E-state index contributed by atoms with van der Waals surface area (Å²) in [5.41, 5.74) is 1.54. The van der Waals surface area contributed by atoms with E-state index in [9.17, 15) is 9.18 Å². The summed E-state index contributed by atoms with van der Waals surface area (Å²) in [6.07, 6.45) is 0. The molecule has 0 saturated carbocycles. The topological polar surface area (TPSA) is 59.6 Å². The zero-order valence-corrected chi connectivity index (χ0v) is 15.5. The van der Waals surface area contributed by atoms with E-state index >= 15 is 0 Å². The van der Waals surface area contributed by atoms with E-state index in [1.54, 1.807) is 44.6 Å². The quantitative estimate of drug-likeness (QED) is 0.752. The van der Waals surface area contributed by atoms with Crippen LogP contribution >= 0.6 is 0 Å². The minimum Gasteiger partial charge on any atom is -0.497 e. The second kappa shape index (κ2) is 9.20. The fourth-order valence-electron chi connectivity index (χ4n) is 2.70. The van der Waals surface area contributed by atoms with Crippen LogP contribution in [0.4, 0.5) is 10.1 Å². The summed E-state index contributed by atoms with van der Waals surface area (Å²) < 4.78 is 23.5. The maximum atomic E-state index is 13.1. The minimum absolute atomic E-state index is 0.0544. The monoisotopic (exact) mass is 360 g/mol. The lowest BCUT2D eigenvalue weighted by Gasteiger charge is -2.23. The molecule has 0 saturated heterocycles. The largest absolute Gasteiger partial charge is 0.497 e. The highest BCUT2D eigenvalue weighted by molar-refractivity contribution is 5.92. The molecule has 0 aliphatic carbocycles. The van der Waals surface area contributed by atoms with Gasteiger partial charge in [-0.1, -0.05) is 26.0 Å². The zero-order valence-electron chi connectivity index (χ0n) is 15.5. The van der Waals surface area contributed by atoms with Gasteiger partial charge in [0.25, 0.3) is 0 Å². The Balaban J connectivity index is 2.01. The Hall–Kier alpha value is -2.60. The maximum Gasteiger partial charge on any atom is 0.238 e. The van der Waals surface area contributed by atoms with Crippen molar-refractivity contribution in [2.24, 2.45) is 5.92 Å². The van der Waals surface area contributed by atoms with Crippen molar-refractivity contribution in [1.82, 2.24) is 5.32 Å². The number of amides is 1. The van der Waals surface area contributed by atoms with Crippen molar-refractivity contribution in [3.8, 4) is 11.5 Å². The number of anilines is 1. The van der Waals surface area contributed by atoms with Gasteiger partial charge in [0.2, 0.25) is 5.91 Å². The summed E-state index contributed by atoms with van der Waals surface area (Å²) in [4.78, 5) is 12.3. The van der Waals surface area contributed by atoms with Crippen LogP contribution in [0.1, 0.15) is 25.5 Å². The smallest absolute Gasteiger partial charge is 0.238 e. The van der Waals surface area contributed by atoms with E-state index in [1.165, 1.54) is 12.1 Å². The van der Waals surface area contributed by atoms with Gasteiger partial charge >= 0.3 is 0 Å². The average molecular weight is 360 g/mol. The molecule has 0 aliphatic rings. The molecule has 26 heavy (non-hydrogen) atoms. The molecule has 2 N–H and O–H groups in total. The molecule has 2 rings (SSSR count). The van der Waals surface area contributed by atoms with Gasteiger partial charge in [-0.25, -0.2) is 4.39 Å². The molecule has 1 amide bonds. The van der Waals surface area contributed by atoms with Crippen molar-refractivity contribution in [3.63, 3.8) is 0 Å².